The van der Waals surface area contributed by atoms with Gasteiger partial charge in [0.1, 0.15) is 0 Å². The van der Waals surface area contributed by atoms with Crippen LogP contribution < -0.4 is 5.32 Å². The molecule has 1 aromatic heterocycles. The van der Waals surface area contributed by atoms with Crippen molar-refractivity contribution in [3.8, 4) is 5.69 Å². The van der Waals surface area contributed by atoms with Gasteiger partial charge in [0, 0.05) is 37.4 Å². The summed E-state index contributed by atoms with van der Waals surface area (Å²) in [5.41, 5.74) is 2.34. The standard InChI is InChI=1S/C18H26N4/c1-21(17-7-5-6-8-17)12-11-19-13-16-14-20-22(15-16)18-9-3-2-4-10-18/h2-4,9-10,14-15,17,19H,5-8,11-13H2,1H3. The van der Waals surface area contributed by atoms with E-state index in [0.717, 1.165) is 31.4 Å². The summed E-state index contributed by atoms with van der Waals surface area (Å²) in [4.78, 5) is 2.51. The third-order valence-electron chi connectivity index (χ3n) is 4.58. The zero-order valence-corrected chi connectivity index (χ0v) is 13.4. The van der Waals surface area contributed by atoms with Crippen molar-refractivity contribution in [2.24, 2.45) is 0 Å². The molecule has 0 unspecified atom stereocenters. The molecule has 0 aliphatic heterocycles. The number of hydrogen-bond donors (Lipinski definition) is 1. The van der Waals surface area contributed by atoms with Crippen molar-refractivity contribution in [3.05, 3.63) is 48.3 Å². The molecule has 0 amide bonds. The SMILES string of the molecule is CN(CCNCc1cnn(-c2ccccc2)c1)C1CCCC1. The first-order valence-electron chi connectivity index (χ1n) is 8.33. The predicted molar refractivity (Wildman–Crippen MR) is 90.2 cm³/mol. The van der Waals surface area contributed by atoms with Gasteiger partial charge in [-0.25, -0.2) is 4.68 Å². The lowest BCUT2D eigenvalue weighted by Crippen LogP contribution is -2.35. The zero-order valence-electron chi connectivity index (χ0n) is 13.4. The lowest BCUT2D eigenvalue weighted by Gasteiger charge is -2.23. The predicted octanol–water partition coefficient (Wildman–Crippen LogP) is 2.84. The molecule has 0 atom stereocenters. The summed E-state index contributed by atoms with van der Waals surface area (Å²) >= 11 is 0. The van der Waals surface area contributed by atoms with Crippen LogP contribution in [0.15, 0.2) is 42.7 Å². The normalized spacial score (nSPS) is 15.7. The number of nitrogens with zero attached hydrogens (tertiary/aromatic N) is 3. The van der Waals surface area contributed by atoms with Gasteiger partial charge in [-0.3, -0.25) is 0 Å². The van der Waals surface area contributed by atoms with Crippen LogP contribution in [0.3, 0.4) is 0 Å². The van der Waals surface area contributed by atoms with E-state index in [9.17, 15) is 0 Å². The van der Waals surface area contributed by atoms with Gasteiger partial charge in [0.25, 0.3) is 0 Å². The molecule has 1 aliphatic carbocycles. The maximum atomic E-state index is 4.43. The fourth-order valence-corrected chi connectivity index (χ4v) is 3.19. The average molecular weight is 298 g/mol. The van der Waals surface area contributed by atoms with Gasteiger partial charge in [-0.1, -0.05) is 31.0 Å². The maximum absolute atomic E-state index is 4.43. The summed E-state index contributed by atoms with van der Waals surface area (Å²) in [6.45, 7) is 3.03. The number of likely N-dealkylation sites (N-methyl/N-ethyl adjacent to an activating group) is 1. The Kier molecular flexibility index (Phi) is 5.24. The molecule has 1 N–H and O–H groups in total. The van der Waals surface area contributed by atoms with Gasteiger partial charge in [0.05, 0.1) is 11.9 Å². The highest BCUT2D eigenvalue weighted by Crippen LogP contribution is 2.21. The van der Waals surface area contributed by atoms with Gasteiger partial charge in [0.2, 0.25) is 0 Å². The van der Waals surface area contributed by atoms with Crippen LogP contribution in [0.25, 0.3) is 5.69 Å². The Morgan fingerprint density at radius 3 is 2.77 bits per heavy atom. The third kappa shape index (κ3) is 3.96. The fourth-order valence-electron chi connectivity index (χ4n) is 3.19. The van der Waals surface area contributed by atoms with E-state index in [-0.39, 0.29) is 0 Å². The van der Waals surface area contributed by atoms with Crippen molar-refractivity contribution in [2.45, 2.75) is 38.3 Å². The van der Waals surface area contributed by atoms with E-state index in [1.54, 1.807) is 0 Å². The minimum atomic E-state index is 0.808. The van der Waals surface area contributed by atoms with Crippen molar-refractivity contribution >= 4 is 0 Å². The molecular weight excluding hydrogens is 272 g/mol. The van der Waals surface area contributed by atoms with Gasteiger partial charge < -0.3 is 10.2 Å². The molecule has 22 heavy (non-hydrogen) atoms. The highest BCUT2D eigenvalue weighted by molar-refractivity contribution is 5.30. The third-order valence-corrected chi connectivity index (χ3v) is 4.58. The minimum absolute atomic E-state index is 0.808. The smallest absolute Gasteiger partial charge is 0.0645 e. The van der Waals surface area contributed by atoms with E-state index < -0.39 is 0 Å². The summed E-state index contributed by atoms with van der Waals surface area (Å²) in [7, 11) is 2.26. The van der Waals surface area contributed by atoms with Crippen LogP contribution >= 0.6 is 0 Å². The first kappa shape index (κ1) is 15.3. The topological polar surface area (TPSA) is 33.1 Å². The minimum Gasteiger partial charge on any atom is -0.311 e. The lowest BCUT2D eigenvalue weighted by atomic mass is 10.2. The Bertz CT molecular complexity index is 557. The van der Waals surface area contributed by atoms with Crippen molar-refractivity contribution in [3.63, 3.8) is 0 Å². The van der Waals surface area contributed by atoms with Crippen LogP contribution in [0, 0.1) is 0 Å². The molecule has 3 rings (SSSR count). The summed E-state index contributed by atoms with van der Waals surface area (Å²) < 4.78 is 1.93. The Hall–Kier alpha value is -1.65. The highest BCUT2D eigenvalue weighted by Gasteiger charge is 2.18. The number of para-hydroxylation sites is 1. The van der Waals surface area contributed by atoms with E-state index in [1.165, 1.54) is 31.2 Å². The quantitative estimate of drug-likeness (QED) is 0.798. The fraction of sp³-hybridized carbons (Fsp3) is 0.500. The van der Waals surface area contributed by atoms with Crippen LogP contribution in [-0.2, 0) is 6.54 Å². The number of aromatic nitrogens is 2. The van der Waals surface area contributed by atoms with E-state index in [0.29, 0.717) is 0 Å². The van der Waals surface area contributed by atoms with Crippen LogP contribution in [0.5, 0.6) is 0 Å². The number of hydrogen-bond acceptors (Lipinski definition) is 3. The van der Waals surface area contributed by atoms with Gasteiger partial charge in [0.15, 0.2) is 0 Å². The molecule has 4 nitrogen and oxygen atoms in total. The van der Waals surface area contributed by atoms with E-state index >= 15 is 0 Å². The molecule has 1 aliphatic rings. The molecule has 1 saturated carbocycles. The Balaban J connectivity index is 1.41. The summed E-state index contributed by atoms with van der Waals surface area (Å²) in [5.74, 6) is 0. The first-order chi connectivity index (χ1) is 10.8. The number of benzene rings is 1. The Morgan fingerprint density at radius 1 is 1.23 bits per heavy atom. The molecule has 1 heterocycles. The molecule has 1 fully saturated rings. The van der Waals surface area contributed by atoms with E-state index in [2.05, 4.69) is 40.7 Å². The van der Waals surface area contributed by atoms with Gasteiger partial charge in [-0.15, -0.1) is 0 Å². The van der Waals surface area contributed by atoms with E-state index in [1.807, 2.05) is 29.1 Å². The molecule has 0 saturated heterocycles. The lowest BCUT2D eigenvalue weighted by molar-refractivity contribution is 0.245. The van der Waals surface area contributed by atoms with E-state index in [4.69, 9.17) is 0 Å². The molecule has 0 radical (unpaired) electrons. The Labute approximate surface area is 133 Å². The van der Waals surface area contributed by atoms with Crippen molar-refractivity contribution in [1.82, 2.24) is 20.0 Å². The molecule has 0 bridgehead atoms. The number of rotatable bonds is 7. The van der Waals surface area contributed by atoms with Crippen LogP contribution in [0.4, 0.5) is 0 Å². The second kappa shape index (κ2) is 7.56. The maximum Gasteiger partial charge on any atom is 0.0645 e. The Morgan fingerprint density at radius 2 is 2.00 bits per heavy atom. The highest BCUT2D eigenvalue weighted by atomic mass is 15.3. The van der Waals surface area contributed by atoms with Crippen LogP contribution in [-0.4, -0.2) is 40.9 Å². The van der Waals surface area contributed by atoms with Crippen molar-refractivity contribution < 1.29 is 0 Å². The molecular formula is C18H26N4. The zero-order chi connectivity index (χ0) is 15.2. The molecule has 118 valence electrons. The summed E-state index contributed by atoms with van der Waals surface area (Å²) in [6, 6.07) is 11.0. The molecule has 2 aromatic rings. The van der Waals surface area contributed by atoms with Crippen LogP contribution in [0.1, 0.15) is 31.2 Å². The van der Waals surface area contributed by atoms with Gasteiger partial charge in [-0.05, 0) is 32.0 Å². The average Bonchev–Trinajstić information content (AvgIpc) is 3.24. The second-order valence-electron chi connectivity index (χ2n) is 6.22. The van der Waals surface area contributed by atoms with Gasteiger partial charge in [-0.2, -0.15) is 5.10 Å². The molecule has 0 spiro atoms. The first-order valence-corrected chi connectivity index (χ1v) is 8.33. The largest absolute Gasteiger partial charge is 0.311 e. The summed E-state index contributed by atoms with van der Waals surface area (Å²) in [6.07, 6.45) is 9.60. The van der Waals surface area contributed by atoms with Crippen molar-refractivity contribution in [1.29, 1.82) is 0 Å². The van der Waals surface area contributed by atoms with Crippen LogP contribution in [0.2, 0.25) is 0 Å². The number of nitrogens with one attached hydrogen (secondary N) is 1. The molecule has 1 aromatic carbocycles. The monoisotopic (exact) mass is 298 g/mol. The van der Waals surface area contributed by atoms with Crippen molar-refractivity contribution in [2.75, 3.05) is 20.1 Å². The summed E-state index contributed by atoms with van der Waals surface area (Å²) in [5, 5.41) is 7.96. The molecule has 4 heteroatoms. The second-order valence-corrected chi connectivity index (χ2v) is 6.22. The van der Waals surface area contributed by atoms with Gasteiger partial charge >= 0.3 is 0 Å².